The summed E-state index contributed by atoms with van der Waals surface area (Å²) >= 11 is 6.18. The molecule has 2 nitrogen and oxygen atoms in total. The molecular formula is C18H17ClN2. The summed E-state index contributed by atoms with van der Waals surface area (Å²) in [5.74, 6) is 0. The zero-order chi connectivity index (χ0) is 14.7. The quantitative estimate of drug-likeness (QED) is 0.757. The van der Waals surface area contributed by atoms with Crippen LogP contribution in [0.2, 0.25) is 5.02 Å². The molecule has 1 aromatic heterocycles. The number of hydrogen-bond acceptors (Lipinski definition) is 2. The van der Waals surface area contributed by atoms with Crippen LogP contribution in [-0.4, -0.2) is 11.5 Å². The Hall–Kier alpha value is -1.90. The van der Waals surface area contributed by atoms with Crippen molar-refractivity contribution in [2.45, 2.75) is 13.5 Å². The van der Waals surface area contributed by atoms with Crippen LogP contribution in [-0.2, 0) is 6.54 Å². The van der Waals surface area contributed by atoms with E-state index in [4.69, 9.17) is 11.6 Å². The van der Waals surface area contributed by atoms with Crippen molar-refractivity contribution < 1.29 is 0 Å². The van der Waals surface area contributed by atoms with Crippen LogP contribution in [0.4, 0.5) is 0 Å². The summed E-state index contributed by atoms with van der Waals surface area (Å²) in [4.78, 5) is 4.55. The molecule has 106 valence electrons. The number of nitrogens with zero attached hydrogens (tertiary/aromatic N) is 1. The maximum absolute atomic E-state index is 6.18. The van der Waals surface area contributed by atoms with Crippen LogP contribution >= 0.6 is 11.6 Å². The molecule has 3 heteroatoms. The van der Waals surface area contributed by atoms with Crippen LogP contribution in [0.25, 0.3) is 22.0 Å². The molecule has 3 aromatic rings. The van der Waals surface area contributed by atoms with E-state index in [-0.39, 0.29) is 0 Å². The fourth-order valence-corrected chi connectivity index (χ4v) is 2.62. The van der Waals surface area contributed by atoms with Crippen molar-refractivity contribution in [3.63, 3.8) is 0 Å². The van der Waals surface area contributed by atoms with E-state index in [1.54, 1.807) is 0 Å². The topological polar surface area (TPSA) is 24.9 Å². The number of nitrogens with one attached hydrogen (secondary N) is 1. The number of aromatic nitrogens is 1. The molecule has 1 heterocycles. The Morgan fingerprint density at radius 2 is 1.95 bits per heavy atom. The largest absolute Gasteiger partial charge is 0.313 e. The molecule has 0 aliphatic rings. The first-order chi connectivity index (χ1) is 10.3. The van der Waals surface area contributed by atoms with E-state index in [0.717, 1.165) is 40.1 Å². The highest BCUT2D eigenvalue weighted by Gasteiger charge is 2.07. The molecule has 0 saturated carbocycles. The normalized spacial score (nSPS) is 11.0. The molecule has 0 amide bonds. The van der Waals surface area contributed by atoms with Gasteiger partial charge in [0, 0.05) is 28.7 Å². The van der Waals surface area contributed by atoms with Gasteiger partial charge in [-0.3, -0.25) is 4.98 Å². The van der Waals surface area contributed by atoms with Crippen molar-refractivity contribution in [3.05, 3.63) is 65.3 Å². The second-order valence-electron chi connectivity index (χ2n) is 5.00. The predicted molar refractivity (Wildman–Crippen MR) is 89.6 cm³/mol. The van der Waals surface area contributed by atoms with E-state index in [1.165, 1.54) is 5.56 Å². The van der Waals surface area contributed by atoms with E-state index in [0.29, 0.717) is 0 Å². The first kappa shape index (κ1) is 14.1. The van der Waals surface area contributed by atoms with Gasteiger partial charge in [-0.2, -0.15) is 0 Å². The summed E-state index contributed by atoms with van der Waals surface area (Å²) in [6.07, 6.45) is 1.92. The van der Waals surface area contributed by atoms with Crippen LogP contribution in [0.15, 0.2) is 54.7 Å². The van der Waals surface area contributed by atoms with Crippen molar-refractivity contribution in [1.29, 1.82) is 0 Å². The SMILES string of the molecule is CCNCc1ccc(Cl)cc1-c1cnc2ccccc2c1. The molecule has 0 radical (unpaired) electrons. The molecule has 0 saturated heterocycles. The lowest BCUT2D eigenvalue weighted by Gasteiger charge is -2.11. The van der Waals surface area contributed by atoms with E-state index < -0.39 is 0 Å². The predicted octanol–water partition coefficient (Wildman–Crippen LogP) is 4.66. The van der Waals surface area contributed by atoms with Crippen LogP contribution in [0, 0.1) is 0 Å². The number of fused-ring (bicyclic) bond motifs is 1. The van der Waals surface area contributed by atoms with Crippen molar-refractivity contribution >= 4 is 22.5 Å². The van der Waals surface area contributed by atoms with Gasteiger partial charge in [-0.25, -0.2) is 0 Å². The third-order valence-corrected chi connectivity index (χ3v) is 3.77. The summed E-state index contributed by atoms with van der Waals surface area (Å²) in [5.41, 5.74) is 4.49. The molecule has 0 spiro atoms. The highest BCUT2D eigenvalue weighted by atomic mass is 35.5. The average molecular weight is 297 g/mol. The van der Waals surface area contributed by atoms with Gasteiger partial charge < -0.3 is 5.32 Å². The minimum Gasteiger partial charge on any atom is -0.313 e. The van der Waals surface area contributed by atoms with Gasteiger partial charge >= 0.3 is 0 Å². The Bertz CT molecular complexity index is 768. The minimum atomic E-state index is 0.749. The lowest BCUT2D eigenvalue weighted by atomic mass is 9.99. The number of rotatable bonds is 4. The first-order valence-corrected chi connectivity index (χ1v) is 7.50. The maximum atomic E-state index is 6.18. The molecule has 21 heavy (non-hydrogen) atoms. The fraction of sp³-hybridized carbons (Fsp3) is 0.167. The monoisotopic (exact) mass is 296 g/mol. The van der Waals surface area contributed by atoms with Crippen molar-refractivity contribution in [1.82, 2.24) is 10.3 Å². The zero-order valence-corrected chi connectivity index (χ0v) is 12.7. The van der Waals surface area contributed by atoms with Gasteiger partial charge in [0.2, 0.25) is 0 Å². The molecular weight excluding hydrogens is 280 g/mol. The van der Waals surface area contributed by atoms with Crippen LogP contribution in [0.3, 0.4) is 0 Å². The summed E-state index contributed by atoms with van der Waals surface area (Å²) in [7, 11) is 0. The number of halogens is 1. The first-order valence-electron chi connectivity index (χ1n) is 7.12. The van der Waals surface area contributed by atoms with E-state index in [2.05, 4.69) is 35.4 Å². The third-order valence-electron chi connectivity index (χ3n) is 3.54. The lowest BCUT2D eigenvalue weighted by molar-refractivity contribution is 0.728. The van der Waals surface area contributed by atoms with Gasteiger partial charge in [0.25, 0.3) is 0 Å². The molecule has 0 aliphatic heterocycles. The van der Waals surface area contributed by atoms with Crippen LogP contribution < -0.4 is 5.32 Å². The van der Waals surface area contributed by atoms with Crippen molar-refractivity contribution in [3.8, 4) is 11.1 Å². The van der Waals surface area contributed by atoms with Gasteiger partial charge in [-0.15, -0.1) is 0 Å². The third kappa shape index (κ3) is 3.07. The zero-order valence-electron chi connectivity index (χ0n) is 11.9. The lowest BCUT2D eigenvalue weighted by Crippen LogP contribution is -2.12. The summed E-state index contributed by atoms with van der Waals surface area (Å²) in [5, 5.41) is 5.26. The average Bonchev–Trinajstić information content (AvgIpc) is 2.53. The van der Waals surface area contributed by atoms with E-state index in [9.17, 15) is 0 Å². The summed E-state index contributed by atoms with van der Waals surface area (Å²) < 4.78 is 0. The smallest absolute Gasteiger partial charge is 0.0702 e. The molecule has 3 rings (SSSR count). The van der Waals surface area contributed by atoms with E-state index >= 15 is 0 Å². The summed E-state index contributed by atoms with van der Waals surface area (Å²) in [6.45, 7) is 3.88. The molecule has 0 atom stereocenters. The van der Waals surface area contributed by atoms with Gasteiger partial charge in [0.15, 0.2) is 0 Å². The number of hydrogen-bond donors (Lipinski definition) is 1. The van der Waals surface area contributed by atoms with E-state index in [1.807, 2.05) is 36.5 Å². The molecule has 0 unspecified atom stereocenters. The Balaban J connectivity index is 2.09. The van der Waals surface area contributed by atoms with Gasteiger partial charge in [0.1, 0.15) is 0 Å². The Labute approximate surface area is 129 Å². The highest BCUT2D eigenvalue weighted by Crippen LogP contribution is 2.28. The van der Waals surface area contributed by atoms with Crippen molar-refractivity contribution in [2.75, 3.05) is 6.54 Å². The highest BCUT2D eigenvalue weighted by molar-refractivity contribution is 6.30. The second-order valence-corrected chi connectivity index (χ2v) is 5.43. The van der Waals surface area contributed by atoms with Gasteiger partial charge in [-0.1, -0.05) is 42.8 Å². The number of pyridine rings is 1. The van der Waals surface area contributed by atoms with Gasteiger partial charge in [0.05, 0.1) is 5.52 Å². The van der Waals surface area contributed by atoms with Crippen molar-refractivity contribution in [2.24, 2.45) is 0 Å². The van der Waals surface area contributed by atoms with Crippen LogP contribution in [0.5, 0.6) is 0 Å². The second kappa shape index (κ2) is 6.25. The molecule has 0 aliphatic carbocycles. The Morgan fingerprint density at radius 1 is 1.10 bits per heavy atom. The maximum Gasteiger partial charge on any atom is 0.0702 e. The standard InChI is InChI=1S/C18H17ClN2/c1-2-20-11-14-7-8-16(19)10-17(14)15-9-13-5-3-4-6-18(13)21-12-15/h3-10,12,20H,2,11H2,1H3. The number of benzene rings is 2. The molecule has 0 bridgehead atoms. The fourth-order valence-electron chi connectivity index (χ4n) is 2.45. The Kier molecular flexibility index (Phi) is 4.18. The Morgan fingerprint density at radius 3 is 2.81 bits per heavy atom. The van der Waals surface area contributed by atoms with Gasteiger partial charge in [-0.05, 0) is 41.9 Å². The van der Waals surface area contributed by atoms with Crippen LogP contribution in [0.1, 0.15) is 12.5 Å². The molecule has 2 aromatic carbocycles. The number of para-hydroxylation sites is 1. The summed E-state index contributed by atoms with van der Waals surface area (Å²) in [6, 6.07) is 16.3. The molecule has 0 fully saturated rings. The molecule has 1 N–H and O–H groups in total. The minimum absolute atomic E-state index is 0.749.